The molecule has 0 amide bonds. The molecular formula is C16H15Cl2NO2. The van der Waals surface area contributed by atoms with Crippen LogP contribution in [0.5, 0.6) is 0 Å². The van der Waals surface area contributed by atoms with Gasteiger partial charge >= 0.3 is 5.97 Å². The fourth-order valence-electron chi connectivity index (χ4n) is 2.04. The van der Waals surface area contributed by atoms with E-state index in [1.807, 2.05) is 31.2 Å². The van der Waals surface area contributed by atoms with Crippen molar-refractivity contribution in [1.29, 1.82) is 0 Å². The summed E-state index contributed by atoms with van der Waals surface area (Å²) in [5.41, 5.74) is 0.950. The van der Waals surface area contributed by atoms with Crippen LogP contribution in [-0.2, 0) is 10.3 Å². The Morgan fingerprint density at radius 1 is 1.14 bits per heavy atom. The highest BCUT2D eigenvalue weighted by molar-refractivity contribution is 6.42. The molecule has 0 saturated heterocycles. The summed E-state index contributed by atoms with van der Waals surface area (Å²) in [6.45, 7) is 3.51. The molecule has 21 heavy (non-hydrogen) atoms. The summed E-state index contributed by atoms with van der Waals surface area (Å²) in [7, 11) is 0. The number of halogens is 2. The molecule has 2 aromatic rings. The van der Waals surface area contributed by atoms with E-state index in [-0.39, 0.29) is 0 Å². The van der Waals surface area contributed by atoms with Gasteiger partial charge in [-0.05, 0) is 43.2 Å². The Balaban J connectivity index is 2.48. The minimum Gasteiger partial charge on any atom is -0.479 e. The number of anilines is 1. The summed E-state index contributed by atoms with van der Waals surface area (Å²) in [4.78, 5) is 11.8. The summed E-state index contributed by atoms with van der Waals surface area (Å²) in [5, 5.41) is 13.5. The van der Waals surface area contributed by atoms with Crippen LogP contribution in [0.2, 0.25) is 10.0 Å². The standard InChI is InChI=1S/C16H15Cl2NO2/c1-10-5-3-4-6-14(10)19-16(2,15(20)21)11-7-8-12(17)13(18)9-11/h3-9,19H,1-2H3,(H,20,21). The summed E-state index contributed by atoms with van der Waals surface area (Å²) in [6, 6.07) is 12.3. The van der Waals surface area contributed by atoms with Crippen LogP contribution in [0.25, 0.3) is 0 Å². The van der Waals surface area contributed by atoms with Crippen molar-refractivity contribution >= 4 is 34.9 Å². The number of hydrogen-bond donors (Lipinski definition) is 2. The Labute approximate surface area is 133 Å². The van der Waals surface area contributed by atoms with Gasteiger partial charge in [-0.3, -0.25) is 0 Å². The first-order valence-corrected chi connectivity index (χ1v) is 7.13. The van der Waals surface area contributed by atoms with E-state index in [2.05, 4.69) is 5.32 Å². The maximum absolute atomic E-state index is 11.8. The van der Waals surface area contributed by atoms with Gasteiger partial charge in [0.25, 0.3) is 0 Å². The lowest BCUT2D eigenvalue weighted by molar-refractivity contribution is -0.142. The molecule has 110 valence electrons. The van der Waals surface area contributed by atoms with Crippen LogP contribution in [0.1, 0.15) is 18.1 Å². The van der Waals surface area contributed by atoms with Crippen LogP contribution < -0.4 is 5.32 Å². The molecule has 0 fully saturated rings. The number of rotatable bonds is 4. The molecule has 0 bridgehead atoms. The van der Waals surface area contributed by atoms with Crippen molar-refractivity contribution in [2.75, 3.05) is 5.32 Å². The number of aryl methyl sites for hydroxylation is 1. The minimum absolute atomic E-state index is 0.327. The third kappa shape index (κ3) is 3.14. The third-order valence-electron chi connectivity index (χ3n) is 3.45. The van der Waals surface area contributed by atoms with Crippen molar-refractivity contribution < 1.29 is 9.90 Å². The van der Waals surface area contributed by atoms with Gasteiger partial charge in [-0.2, -0.15) is 0 Å². The first-order chi connectivity index (χ1) is 9.84. The largest absolute Gasteiger partial charge is 0.479 e. The van der Waals surface area contributed by atoms with Crippen LogP contribution in [0.4, 0.5) is 5.69 Å². The van der Waals surface area contributed by atoms with Gasteiger partial charge in [0.1, 0.15) is 0 Å². The average Bonchev–Trinajstić information content (AvgIpc) is 2.44. The maximum atomic E-state index is 11.8. The van der Waals surface area contributed by atoms with Gasteiger partial charge in [0, 0.05) is 5.69 Å². The first kappa shape index (κ1) is 15.7. The summed E-state index contributed by atoms with van der Waals surface area (Å²) >= 11 is 11.9. The Morgan fingerprint density at radius 2 is 1.81 bits per heavy atom. The van der Waals surface area contributed by atoms with Crippen LogP contribution >= 0.6 is 23.2 Å². The van der Waals surface area contributed by atoms with E-state index < -0.39 is 11.5 Å². The van der Waals surface area contributed by atoms with Crippen molar-refractivity contribution in [1.82, 2.24) is 0 Å². The highest BCUT2D eigenvalue weighted by Gasteiger charge is 2.35. The smallest absolute Gasteiger partial charge is 0.333 e. The van der Waals surface area contributed by atoms with Crippen LogP contribution in [0.15, 0.2) is 42.5 Å². The van der Waals surface area contributed by atoms with Gasteiger partial charge in [-0.1, -0.05) is 47.5 Å². The van der Waals surface area contributed by atoms with Crippen molar-refractivity contribution in [3.63, 3.8) is 0 Å². The summed E-state index contributed by atoms with van der Waals surface area (Å²) in [6.07, 6.45) is 0. The van der Waals surface area contributed by atoms with Gasteiger partial charge in [-0.15, -0.1) is 0 Å². The Bertz CT molecular complexity index is 688. The van der Waals surface area contributed by atoms with Gasteiger partial charge in [0.15, 0.2) is 5.54 Å². The van der Waals surface area contributed by atoms with E-state index in [1.165, 1.54) is 0 Å². The van der Waals surface area contributed by atoms with Crippen molar-refractivity contribution in [2.24, 2.45) is 0 Å². The van der Waals surface area contributed by atoms with E-state index >= 15 is 0 Å². The van der Waals surface area contributed by atoms with E-state index in [9.17, 15) is 9.90 Å². The van der Waals surface area contributed by atoms with E-state index in [1.54, 1.807) is 25.1 Å². The number of carboxylic acids is 1. The van der Waals surface area contributed by atoms with Crippen molar-refractivity contribution in [3.05, 3.63) is 63.6 Å². The normalized spacial score (nSPS) is 13.5. The van der Waals surface area contributed by atoms with Crippen molar-refractivity contribution in [2.45, 2.75) is 19.4 Å². The first-order valence-electron chi connectivity index (χ1n) is 6.37. The third-order valence-corrected chi connectivity index (χ3v) is 4.19. The highest BCUT2D eigenvalue weighted by atomic mass is 35.5. The van der Waals surface area contributed by atoms with Gasteiger partial charge in [-0.25, -0.2) is 4.79 Å². The molecule has 1 unspecified atom stereocenters. The van der Waals surface area contributed by atoms with Crippen LogP contribution in [-0.4, -0.2) is 11.1 Å². The Morgan fingerprint density at radius 3 is 2.38 bits per heavy atom. The lowest BCUT2D eigenvalue weighted by Gasteiger charge is -2.29. The molecule has 0 aliphatic carbocycles. The fraction of sp³-hybridized carbons (Fsp3) is 0.188. The number of nitrogens with one attached hydrogen (secondary N) is 1. The van der Waals surface area contributed by atoms with E-state index in [0.717, 1.165) is 11.3 Å². The molecule has 0 aliphatic rings. The van der Waals surface area contributed by atoms with Gasteiger partial charge in [0.05, 0.1) is 10.0 Å². The number of carbonyl (C=O) groups is 1. The molecule has 1 atom stereocenters. The molecule has 0 spiro atoms. The summed E-state index contributed by atoms with van der Waals surface area (Å²) < 4.78 is 0. The molecule has 3 nitrogen and oxygen atoms in total. The molecule has 2 aromatic carbocycles. The fourth-order valence-corrected chi connectivity index (χ4v) is 2.34. The SMILES string of the molecule is Cc1ccccc1NC(C)(C(=O)O)c1ccc(Cl)c(Cl)c1. The predicted octanol–water partition coefficient (Wildman–Crippen LogP) is 4.71. The number of benzene rings is 2. The molecule has 2 N–H and O–H groups in total. The van der Waals surface area contributed by atoms with Gasteiger partial charge in [0.2, 0.25) is 0 Å². The molecule has 0 radical (unpaired) electrons. The predicted molar refractivity (Wildman–Crippen MR) is 86.3 cm³/mol. The lowest BCUT2D eigenvalue weighted by Crippen LogP contribution is -2.40. The Hall–Kier alpha value is -1.71. The molecule has 5 heteroatoms. The molecule has 0 heterocycles. The second-order valence-electron chi connectivity index (χ2n) is 5.00. The monoisotopic (exact) mass is 323 g/mol. The quantitative estimate of drug-likeness (QED) is 0.856. The summed E-state index contributed by atoms with van der Waals surface area (Å²) in [5.74, 6) is -0.996. The van der Waals surface area contributed by atoms with Crippen LogP contribution in [0.3, 0.4) is 0 Å². The molecule has 0 aliphatic heterocycles. The number of hydrogen-bond acceptors (Lipinski definition) is 2. The Kier molecular flexibility index (Phi) is 4.45. The van der Waals surface area contributed by atoms with E-state index in [0.29, 0.717) is 15.6 Å². The zero-order valence-corrected chi connectivity index (χ0v) is 13.2. The maximum Gasteiger partial charge on any atom is 0.333 e. The molecule has 2 rings (SSSR count). The highest BCUT2D eigenvalue weighted by Crippen LogP contribution is 2.32. The molecule has 0 aromatic heterocycles. The minimum atomic E-state index is -1.31. The van der Waals surface area contributed by atoms with Gasteiger partial charge < -0.3 is 10.4 Å². The topological polar surface area (TPSA) is 49.3 Å². The second-order valence-corrected chi connectivity index (χ2v) is 5.81. The lowest BCUT2D eigenvalue weighted by atomic mass is 9.91. The van der Waals surface area contributed by atoms with Crippen LogP contribution in [0, 0.1) is 6.92 Å². The zero-order chi connectivity index (χ0) is 15.6. The number of para-hydroxylation sites is 1. The number of carboxylic acid groups (broad SMARTS) is 1. The van der Waals surface area contributed by atoms with Crippen molar-refractivity contribution in [3.8, 4) is 0 Å². The molecule has 0 saturated carbocycles. The molecular weight excluding hydrogens is 309 g/mol. The second kappa shape index (κ2) is 5.96. The average molecular weight is 324 g/mol. The number of aliphatic carboxylic acids is 1. The van der Waals surface area contributed by atoms with E-state index in [4.69, 9.17) is 23.2 Å². The zero-order valence-electron chi connectivity index (χ0n) is 11.7.